The van der Waals surface area contributed by atoms with E-state index < -0.39 is 0 Å². The lowest BCUT2D eigenvalue weighted by Crippen LogP contribution is -2.44. The summed E-state index contributed by atoms with van der Waals surface area (Å²) in [6.45, 7) is 7.05. The van der Waals surface area contributed by atoms with Crippen LogP contribution in [0.1, 0.15) is 36.0 Å². The number of nitrogens with one attached hydrogen (secondary N) is 1. The number of hydrogen-bond acceptors (Lipinski definition) is 5. The Morgan fingerprint density at radius 3 is 2.51 bits per heavy atom. The van der Waals surface area contributed by atoms with E-state index in [2.05, 4.69) is 5.32 Å². The predicted octanol–water partition coefficient (Wildman–Crippen LogP) is 5.10. The molecule has 8 nitrogen and oxygen atoms in total. The Labute approximate surface area is 205 Å². The SMILES string of the molecule is CCCN(CC(=O)N(Cc1ccc2c(c1)OCO2)Cc1ccc(C)o1)C(=O)Nc1cccc(C)c1. The number of ether oxygens (including phenoxy) is 2. The van der Waals surface area contributed by atoms with Gasteiger partial charge in [0.2, 0.25) is 12.7 Å². The molecule has 1 aromatic heterocycles. The van der Waals surface area contributed by atoms with Crippen molar-refractivity contribution in [1.29, 1.82) is 0 Å². The highest BCUT2D eigenvalue weighted by Gasteiger charge is 2.23. The number of hydrogen-bond donors (Lipinski definition) is 1. The van der Waals surface area contributed by atoms with Crippen LogP contribution in [-0.2, 0) is 17.9 Å². The Kier molecular flexibility index (Phi) is 7.60. The van der Waals surface area contributed by atoms with E-state index in [-0.39, 0.29) is 25.3 Å². The molecule has 0 aliphatic carbocycles. The highest BCUT2D eigenvalue weighted by Crippen LogP contribution is 2.33. The Balaban J connectivity index is 1.50. The molecular weight excluding hydrogens is 446 g/mol. The molecule has 2 aromatic carbocycles. The van der Waals surface area contributed by atoms with Crippen LogP contribution in [0.3, 0.4) is 0 Å². The Bertz CT molecular complexity index is 1190. The first kappa shape index (κ1) is 24.2. The minimum Gasteiger partial charge on any atom is -0.464 e. The van der Waals surface area contributed by atoms with Crippen molar-refractivity contribution in [2.75, 3.05) is 25.2 Å². The molecule has 3 amide bonds. The van der Waals surface area contributed by atoms with Crippen LogP contribution >= 0.6 is 0 Å². The molecule has 3 aromatic rings. The second kappa shape index (κ2) is 11.0. The van der Waals surface area contributed by atoms with Gasteiger partial charge in [0.05, 0.1) is 6.54 Å². The van der Waals surface area contributed by atoms with Crippen molar-refractivity contribution in [3.8, 4) is 11.5 Å². The number of benzene rings is 2. The minimum atomic E-state index is -0.303. The molecule has 35 heavy (non-hydrogen) atoms. The first-order valence-electron chi connectivity index (χ1n) is 11.8. The summed E-state index contributed by atoms with van der Waals surface area (Å²) in [4.78, 5) is 29.7. The van der Waals surface area contributed by atoms with Crippen LogP contribution in [0, 0.1) is 13.8 Å². The zero-order valence-corrected chi connectivity index (χ0v) is 20.4. The lowest BCUT2D eigenvalue weighted by molar-refractivity contribution is -0.133. The van der Waals surface area contributed by atoms with Gasteiger partial charge in [0.15, 0.2) is 11.5 Å². The third-order valence-corrected chi connectivity index (χ3v) is 5.68. The largest absolute Gasteiger partial charge is 0.464 e. The van der Waals surface area contributed by atoms with Crippen molar-refractivity contribution >= 4 is 17.6 Å². The standard InChI is InChI=1S/C27H31N3O5/c1-4-12-29(27(32)28-22-7-5-6-19(2)13-22)17-26(31)30(16-23-10-8-20(3)35-23)15-21-9-11-24-25(14-21)34-18-33-24/h5-11,13-14H,4,12,15-18H2,1-3H3,(H,28,32). The number of anilines is 1. The Hall–Kier alpha value is -3.94. The number of nitrogens with zero attached hydrogens (tertiary/aromatic N) is 2. The molecule has 8 heteroatoms. The molecule has 0 spiro atoms. The van der Waals surface area contributed by atoms with E-state index >= 15 is 0 Å². The van der Waals surface area contributed by atoms with Gasteiger partial charge in [-0.25, -0.2) is 4.79 Å². The lowest BCUT2D eigenvalue weighted by Gasteiger charge is -2.27. The number of aryl methyl sites for hydroxylation is 2. The van der Waals surface area contributed by atoms with Crippen molar-refractivity contribution in [3.63, 3.8) is 0 Å². The van der Waals surface area contributed by atoms with E-state index in [4.69, 9.17) is 13.9 Å². The molecule has 0 radical (unpaired) electrons. The number of carbonyl (C=O) groups is 2. The van der Waals surface area contributed by atoms with E-state index in [1.165, 1.54) is 0 Å². The average molecular weight is 478 g/mol. The summed E-state index contributed by atoms with van der Waals surface area (Å²) < 4.78 is 16.6. The lowest BCUT2D eigenvalue weighted by atomic mass is 10.2. The van der Waals surface area contributed by atoms with E-state index in [9.17, 15) is 9.59 Å². The normalized spacial score (nSPS) is 11.9. The van der Waals surface area contributed by atoms with Crippen LogP contribution in [0.2, 0.25) is 0 Å². The van der Waals surface area contributed by atoms with Crippen molar-refractivity contribution in [3.05, 3.63) is 77.2 Å². The molecule has 0 atom stereocenters. The van der Waals surface area contributed by atoms with E-state index in [0.717, 1.165) is 23.3 Å². The maximum atomic E-state index is 13.5. The summed E-state index contributed by atoms with van der Waals surface area (Å²) in [5.41, 5.74) is 2.65. The molecule has 2 heterocycles. The van der Waals surface area contributed by atoms with Gasteiger partial charge < -0.3 is 29.0 Å². The number of amides is 3. The van der Waals surface area contributed by atoms with Crippen LogP contribution in [0.4, 0.5) is 10.5 Å². The Morgan fingerprint density at radius 1 is 0.943 bits per heavy atom. The summed E-state index contributed by atoms with van der Waals surface area (Å²) in [6, 6.07) is 16.7. The van der Waals surface area contributed by atoms with Gasteiger partial charge in [0.1, 0.15) is 18.1 Å². The molecule has 1 aliphatic rings. The van der Waals surface area contributed by atoms with Crippen LogP contribution in [-0.4, -0.2) is 41.6 Å². The molecule has 0 unspecified atom stereocenters. The van der Waals surface area contributed by atoms with Crippen LogP contribution < -0.4 is 14.8 Å². The fourth-order valence-electron chi connectivity index (χ4n) is 3.96. The third kappa shape index (κ3) is 6.35. The van der Waals surface area contributed by atoms with Gasteiger partial charge in [-0.2, -0.15) is 0 Å². The first-order valence-corrected chi connectivity index (χ1v) is 11.8. The number of furan rings is 1. The van der Waals surface area contributed by atoms with E-state index in [1.54, 1.807) is 9.80 Å². The molecule has 184 valence electrons. The zero-order chi connectivity index (χ0) is 24.8. The van der Waals surface area contributed by atoms with Crippen LogP contribution in [0.15, 0.2) is 59.0 Å². The second-order valence-corrected chi connectivity index (χ2v) is 8.67. The summed E-state index contributed by atoms with van der Waals surface area (Å²) in [5, 5.41) is 2.91. The summed E-state index contributed by atoms with van der Waals surface area (Å²) in [7, 11) is 0. The molecule has 0 fully saturated rings. The van der Waals surface area contributed by atoms with Crippen molar-refractivity contribution in [2.45, 2.75) is 40.3 Å². The quantitative estimate of drug-likeness (QED) is 0.464. The van der Waals surface area contributed by atoms with Gasteiger partial charge >= 0.3 is 6.03 Å². The van der Waals surface area contributed by atoms with Gasteiger partial charge in [-0.15, -0.1) is 0 Å². The number of urea groups is 1. The maximum absolute atomic E-state index is 13.5. The zero-order valence-electron chi connectivity index (χ0n) is 20.4. The van der Waals surface area contributed by atoms with Gasteiger partial charge in [0, 0.05) is 18.8 Å². The first-order chi connectivity index (χ1) is 16.9. The van der Waals surface area contributed by atoms with Gasteiger partial charge in [0.25, 0.3) is 0 Å². The van der Waals surface area contributed by atoms with E-state index in [0.29, 0.717) is 42.6 Å². The third-order valence-electron chi connectivity index (χ3n) is 5.68. The molecule has 1 aliphatic heterocycles. The smallest absolute Gasteiger partial charge is 0.322 e. The molecule has 4 rings (SSSR count). The summed E-state index contributed by atoms with van der Waals surface area (Å²) in [5.74, 6) is 2.64. The van der Waals surface area contributed by atoms with Gasteiger partial charge in [-0.05, 0) is 67.8 Å². The fourth-order valence-corrected chi connectivity index (χ4v) is 3.96. The van der Waals surface area contributed by atoms with Gasteiger partial charge in [-0.3, -0.25) is 4.79 Å². The average Bonchev–Trinajstić information content (AvgIpc) is 3.46. The predicted molar refractivity (Wildman–Crippen MR) is 132 cm³/mol. The molecule has 0 saturated heterocycles. The van der Waals surface area contributed by atoms with Crippen molar-refractivity contribution in [2.24, 2.45) is 0 Å². The monoisotopic (exact) mass is 477 g/mol. The number of fused-ring (bicyclic) bond motifs is 1. The van der Waals surface area contributed by atoms with E-state index in [1.807, 2.05) is 75.4 Å². The summed E-state index contributed by atoms with van der Waals surface area (Å²) in [6.07, 6.45) is 0.730. The van der Waals surface area contributed by atoms with Gasteiger partial charge in [-0.1, -0.05) is 25.1 Å². The minimum absolute atomic E-state index is 0.0459. The fraction of sp³-hybridized carbons (Fsp3) is 0.333. The van der Waals surface area contributed by atoms with Crippen molar-refractivity contribution < 1.29 is 23.5 Å². The molecule has 0 saturated carbocycles. The van der Waals surface area contributed by atoms with Crippen LogP contribution in [0.5, 0.6) is 11.5 Å². The maximum Gasteiger partial charge on any atom is 0.322 e. The summed E-state index contributed by atoms with van der Waals surface area (Å²) >= 11 is 0. The molecular formula is C27H31N3O5. The highest BCUT2D eigenvalue weighted by molar-refractivity contribution is 5.92. The topological polar surface area (TPSA) is 84.2 Å². The second-order valence-electron chi connectivity index (χ2n) is 8.67. The molecule has 0 bridgehead atoms. The number of rotatable bonds is 9. The van der Waals surface area contributed by atoms with Crippen LogP contribution in [0.25, 0.3) is 0 Å². The molecule has 1 N–H and O–H groups in total. The van der Waals surface area contributed by atoms with Crippen molar-refractivity contribution in [1.82, 2.24) is 9.80 Å². The Morgan fingerprint density at radius 2 is 1.77 bits per heavy atom. The number of carbonyl (C=O) groups excluding carboxylic acids is 2. The highest BCUT2D eigenvalue weighted by atomic mass is 16.7.